The van der Waals surface area contributed by atoms with Crippen molar-refractivity contribution < 1.29 is 14.5 Å². The number of ether oxygens (including phenoxy) is 1. The van der Waals surface area contributed by atoms with Crippen LogP contribution in [0.15, 0.2) is 48.8 Å². The topological polar surface area (TPSA) is 107 Å². The van der Waals surface area contributed by atoms with Crippen LogP contribution in [-0.2, 0) is 4.79 Å². The number of nitro benzene ring substituents is 1. The molecular weight excluding hydrogens is 324 g/mol. The molecule has 25 heavy (non-hydrogen) atoms. The summed E-state index contributed by atoms with van der Waals surface area (Å²) in [5.41, 5.74) is 1.70. The number of nitrogens with zero attached hydrogens (tertiary/aromatic N) is 3. The van der Waals surface area contributed by atoms with Gasteiger partial charge in [-0.1, -0.05) is 18.2 Å². The van der Waals surface area contributed by atoms with Gasteiger partial charge in [0.1, 0.15) is 6.33 Å². The number of amides is 1. The highest BCUT2D eigenvalue weighted by molar-refractivity contribution is 5.93. The maximum Gasteiger partial charge on any atom is 0.271 e. The van der Waals surface area contributed by atoms with Crippen molar-refractivity contribution in [3.63, 3.8) is 0 Å². The average molecular weight is 338 g/mol. The van der Waals surface area contributed by atoms with Crippen LogP contribution in [0.2, 0.25) is 0 Å². The number of para-hydroxylation sites is 1. The molecule has 1 aromatic heterocycles. The van der Waals surface area contributed by atoms with Gasteiger partial charge in [0.05, 0.1) is 21.5 Å². The number of non-ortho nitro benzene ring substituents is 1. The van der Waals surface area contributed by atoms with E-state index in [1.165, 1.54) is 18.5 Å². The number of hydrogen-bond donors (Lipinski definition) is 1. The molecule has 126 valence electrons. The lowest BCUT2D eigenvalue weighted by Gasteiger charge is -2.10. The second-order valence-corrected chi connectivity index (χ2v) is 5.29. The fourth-order valence-electron chi connectivity index (χ4n) is 2.27. The number of fused-ring (bicyclic) bond motifs is 1. The number of anilines is 1. The Labute approximate surface area is 142 Å². The summed E-state index contributed by atoms with van der Waals surface area (Å²) in [5, 5.41) is 14.1. The number of aryl methyl sites for hydroxylation is 1. The van der Waals surface area contributed by atoms with Gasteiger partial charge >= 0.3 is 0 Å². The van der Waals surface area contributed by atoms with Crippen molar-refractivity contribution in [2.24, 2.45) is 0 Å². The first-order chi connectivity index (χ1) is 12.0. The zero-order chi connectivity index (χ0) is 17.8. The summed E-state index contributed by atoms with van der Waals surface area (Å²) < 4.78 is 5.47. The smallest absolute Gasteiger partial charge is 0.271 e. The summed E-state index contributed by atoms with van der Waals surface area (Å²) in [6.07, 6.45) is 1.36. The molecule has 0 radical (unpaired) electrons. The number of carbonyl (C=O) groups is 1. The van der Waals surface area contributed by atoms with Crippen molar-refractivity contribution in [1.82, 2.24) is 9.97 Å². The van der Waals surface area contributed by atoms with Crippen molar-refractivity contribution in [3.05, 3.63) is 64.5 Å². The molecule has 8 nitrogen and oxygen atoms in total. The molecule has 0 unspecified atom stereocenters. The van der Waals surface area contributed by atoms with Crippen molar-refractivity contribution in [2.75, 3.05) is 11.9 Å². The fraction of sp³-hybridized carbons (Fsp3) is 0.118. The molecule has 0 aliphatic heterocycles. The van der Waals surface area contributed by atoms with Crippen molar-refractivity contribution in [1.29, 1.82) is 0 Å². The highest BCUT2D eigenvalue weighted by Crippen LogP contribution is 2.23. The largest absolute Gasteiger partial charge is 0.467 e. The molecule has 0 aliphatic carbocycles. The Kier molecular flexibility index (Phi) is 4.51. The quantitative estimate of drug-likeness (QED) is 0.566. The number of rotatable bonds is 5. The second-order valence-electron chi connectivity index (χ2n) is 5.29. The van der Waals surface area contributed by atoms with Crippen molar-refractivity contribution >= 4 is 28.2 Å². The lowest BCUT2D eigenvalue weighted by Crippen LogP contribution is -2.21. The number of hydrogen-bond acceptors (Lipinski definition) is 6. The Morgan fingerprint density at radius 1 is 1.24 bits per heavy atom. The predicted octanol–water partition coefficient (Wildman–Crippen LogP) is 2.86. The molecule has 0 fully saturated rings. The molecule has 0 spiro atoms. The third-order valence-corrected chi connectivity index (χ3v) is 3.55. The minimum absolute atomic E-state index is 0.0939. The minimum atomic E-state index is -0.515. The first kappa shape index (κ1) is 16.3. The summed E-state index contributed by atoms with van der Waals surface area (Å²) in [4.78, 5) is 30.6. The Balaban J connectivity index is 1.71. The number of benzene rings is 2. The van der Waals surface area contributed by atoms with E-state index in [1.54, 1.807) is 19.1 Å². The first-order valence-electron chi connectivity index (χ1n) is 7.42. The molecule has 1 N–H and O–H groups in total. The Bertz CT molecular complexity index is 953. The Morgan fingerprint density at radius 2 is 2.04 bits per heavy atom. The number of nitrogens with one attached hydrogen (secondary N) is 1. The monoisotopic (exact) mass is 338 g/mol. The molecule has 0 aliphatic rings. The van der Waals surface area contributed by atoms with Gasteiger partial charge in [0.2, 0.25) is 5.88 Å². The average Bonchev–Trinajstić information content (AvgIpc) is 2.61. The summed E-state index contributed by atoms with van der Waals surface area (Å²) >= 11 is 0. The molecule has 0 bridgehead atoms. The molecule has 3 rings (SSSR count). The van der Waals surface area contributed by atoms with Crippen LogP contribution in [0.5, 0.6) is 5.88 Å². The van der Waals surface area contributed by atoms with Crippen molar-refractivity contribution in [3.8, 4) is 5.88 Å². The molecule has 0 atom stereocenters. The zero-order valence-corrected chi connectivity index (χ0v) is 13.3. The van der Waals surface area contributed by atoms with E-state index in [0.29, 0.717) is 28.0 Å². The third kappa shape index (κ3) is 3.69. The SMILES string of the molecule is Cc1ccc([N+](=O)[O-])cc1NC(=O)COc1ncnc2ccccc12. The molecule has 1 amide bonds. The van der Waals surface area contributed by atoms with Gasteiger partial charge in [-0.25, -0.2) is 9.97 Å². The Morgan fingerprint density at radius 3 is 2.84 bits per heavy atom. The van der Waals surface area contributed by atoms with Crippen LogP contribution < -0.4 is 10.1 Å². The van der Waals surface area contributed by atoms with Crippen LogP contribution >= 0.6 is 0 Å². The minimum Gasteiger partial charge on any atom is -0.467 e. The summed E-state index contributed by atoms with van der Waals surface area (Å²) in [6, 6.07) is 11.6. The molecule has 0 saturated carbocycles. The van der Waals surface area contributed by atoms with Gasteiger partial charge in [-0.3, -0.25) is 14.9 Å². The van der Waals surface area contributed by atoms with E-state index in [9.17, 15) is 14.9 Å². The van der Waals surface area contributed by atoms with Crippen LogP contribution in [0.1, 0.15) is 5.56 Å². The molecule has 8 heteroatoms. The van der Waals surface area contributed by atoms with E-state index in [4.69, 9.17) is 4.74 Å². The highest BCUT2D eigenvalue weighted by atomic mass is 16.6. The number of aromatic nitrogens is 2. The van der Waals surface area contributed by atoms with Crippen LogP contribution in [-0.4, -0.2) is 27.4 Å². The summed E-state index contributed by atoms with van der Waals surface area (Å²) in [6.45, 7) is 1.47. The van der Waals surface area contributed by atoms with Crippen LogP contribution in [0.4, 0.5) is 11.4 Å². The van der Waals surface area contributed by atoms with Gasteiger partial charge in [-0.2, -0.15) is 0 Å². The van der Waals surface area contributed by atoms with E-state index in [1.807, 2.05) is 18.2 Å². The van der Waals surface area contributed by atoms with E-state index in [2.05, 4.69) is 15.3 Å². The highest BCUT2D eigenvalue weighted by Gasteiger charge is 2.12. The molecular formula is C17H14N4O4. The molecule has 1 heterocycles. The van der Waals surface area contributed by atoms with E-state index >= 15 is 0 Å². The number of nitro groups is 1. The van der Waals surface area contributed by atoms with Crippen LogP contribution in [0.3, 0.4) is 0 Å². The van der Waals surface area contributed by atoms with Crippen LogP contribution in [0.25, 0.3) is 10.9 Å². The molecule has 2 aromatic carbocycles. The Hall–Kier alpha value is -3.55. The normalized spacial score (nSPS) is 10.4. The van der Waals surface area contributed by atoms with Gasteiger partial charge in [0, 0.05) is 12.1 Å². The standard InChI is InChI=1S/C17H14N4O4/c1-11-6-7-12(21(23)24)8-15(11)20-16(22)9-25-17-13-4-2-3-5-14(13)18-10-19-17/h2-8,10H,9H2,1H3,(H,20,22). The fourth-order valence-corrected chi connectivity index (χ4v) is 2.27. The molecule has 0 saturated heterocycles. The van der Waals surface area contributed by atoms with Crippen molar-refractivity contribution in [2.45, 2.75) is 6.92 Å². The van der Waals surface area contributed by atoms with E-state index in [0.717, 1.165) is 0 Å². The molecule has 3 aromatic rings. The summed E-state index contributed by atoms with van der Waals surface area (Å²) in [7, 11) is 0. The zero-order valence-electron chi connectivity index (χ0n) is 13.3. The predicted molar refractivity (Wildman–Crippen MR) is 91.5 cm³/mol. The van der Waals surface area contributed by atoms with Gasteiger partial charge in [-0.05, 0) is 24.6 Å². The van der Waals surface area contributed by atoms with Gasteiger partial charge in [0.25, 0.3) is 11.6 Å². The van der Waals surface area contributed by atoms with E-state index in [-0.39, 0.29) is 12.3 Å². The maximum absolute atomic E-state index is 12.1. The lowest BCUT2D eigenvalue weighted by molar-refractivity contribution is -0.384. The third-order valence-electron chi connectivity index (χ3n) is 3.55. The van der Waals surface area contributed by atoms with Gasteiger partial charge < -0.3 is 10.1 Å². The lowest BCUT2D eigenvalue weighted by atomic mass is 10.2. The number of carbonyl (C=O) groups excluding carboxylic acids is 1. The van der Waals surface area contributed by atoms with Crippen LogP contribution in [0, 0.1) is 17.0 Å². The van der Waals surface area contributed by atoms with E-state index < -0.39 is 10.8 Å². The summed E-state index contributed by atoms with van der Waals surface area (Å²) in [5.74, 6) is -0.136. The first-order valence-corrected chi connectivity index (χ1v) is 7.42. The maximum atomic E-state index is 12.1. The van der Waals surface area contributed by atoms with Gasteiger partial charge in [-0.15, -0.1) is 0 Å². The second kappa shape index (κ2) is 6.91. The van der Waals surface area contributed by atoms with Gasteiger partial charge in [0.15, 0.2) is 6.61 Å².